The Morgan fingerprint density at radius 1 is 1.10 bits per heavy atom. The molecule has 0 amide bonds. The number of rotatable bonds is 2. The standard InChI is InChI=1S/C7H15NS.Pd/c9-7-6-8-4-2-1-3-5-8;/h9H,1-7H2;/p-1. The fraction of sp³-hybridized carbons (Fsp3) is 1.00. The van der Waals surface area contributed by atoms with Crippen molar-refractivity contribution in [3.63, 3.8) is 0 Å². The summed E-state index contributed by atoms with van der Waals surface area (Å²) in [7, 11) is 0. The zero-order valence-corrected chi connectivity index (χ0v) is 8.49. The average Bonchev–Trinajstić information content (AvgIpc) is 1.91. The van der Waals surface area contributed by atoms with Gasteiger partial charge in [-0.2, -0.15) is 5.75 Å². The maximum Gasteiger partial charge on any atom is 0 e. The molecule has 1 saturated heterocycles. The van der Waals surface area contributed by atoms with Gasteiger partial charge >= 0.3 is 0 Å². The van der Waals surface area contributed by atoms with Crippen molar-refractivity contribution in [2.45, 2.75) is 19.3 Å². The van der Waals surface area contributed by atoms with Crippen molar-refractivity contribution in [2.24, 2.45) is 0 Å². The molecule has 1 heterocycles. The maximum absolute atomic E-state index is 4.89. The average molecular weight is 251 g/mol. The fourth-order valence-electron chi connectivity index (χ4n) is 1.31. The van der Waals surface area contributed by atoms with Crippen LogP contribution < -0.4 is 0 Å². The molecule has 0 spiro atoms. The smallest absolute Gasteiger partial charge is 0 e. The monoisotopic (exact) mass is 250 g/mol. The third kappa shape index (κ3) is 3.98. The Hall–Kier alpha value is 0.972. The zero-order valence-electron chi connectivity index (χ0n) is 6.12. The molecule has 0 radical (unpaired) electrons. The molecule has 1 rings (SSSR count). The Morgan fingerprint density at radius 3 is 2.20 bits per heavy atom. The van der Waals surface area contributed by atoms with Gasteiger partial charge in [-0.05, 0) is 32.5 Å². The van der Waals surface area contributed by atoms with Gasteiger partial charge in [0.05, 0.1) is 0 Å². The molecule has 3 heteroatoms. The third-order valence-corrected chi connectivity index (χ3v) is 2.04. The van der Waals surface area contributed by atoms with Gasteiger partial charge in [0.2, 0.25) is 0 Å². The number of hydrogen-bond acceptors (Lipinski definition) is 2. The largest absolute Gasteiger partial charge is 0.791 e. The molecule has 0 bridgehead atoms. The molecule has 0 aliphatic carbocycles. The first-order valence-corrected chi connectivity index (χ1v) is 4.31. The molecule has 1 fully saturated rings. The second kappa shape index (κ2) is 6.67. The summed E-state index contributed by atoms with van der Waals surface area (Å²) < 4.78 is 0. The van der Waals surface area contributed by atoms with Gasteiger partial charge in [0.25, 0.3) is 0 Å². The molecule has 10 heavy (non-hydrogen) atoms. The topological polar surface area (TPSA) is 3.24 Å². The number of hydrogen-bond donors (Lipinski definition) is 0. The molecule has 0 aromatic rings. The Balaban J connectivity index is 0.000000810. The summed E-state index contributed by atoms with van der Waals surface area (Å²) in [4.78, 5) is 2.47. The van der Waals surface area contributed by atoms with E-state index in [-0.39, 0.29) is 20.4 Å². The predicted octanol–water partition coefficient (Wildman–Crippen LogP) is 1.02. The van der Waals surface area contributed by atoms with Gasteiger partial charge < -0.3 is 17.5 Å². The number of nitrogens with zero attached hydrogens (tertiary/aromatic N) is 1. The van der Waals surface area contributed by atoms with E-state index in [2.05, 4.69) is 4.90 Å². The van der Waals surface area contributed by atoms with Crippen LogP contribution in [0.25, 0.3) is 0 Å². The van der Waals surface area contributed by atoms with Crippen LogP contribution in [0.4, 0.5) is 0 Å². The molecule has 1 aliphatic heterocycles. The Morgan fingerprint density at radius 2 is 1.70 bits per heavy atom. The normalized spacial score (nSPS) is 20.1. The van der Waals surface area contributed by atoms with Crippen molar-refractivity contribution in [1.82, 2.24) is 4.90 Å². The summed E-state index contributed by atoms with van der Waals surface area (Å²) in [6.07, 6.45) is 4.19. The van der Waals surface area contributed by atoms with E-state index in [1.54, 1.807) is 0 Å². The summed E-state index contributed by atoms with van der Waals surface area (Å²) in [6.45, 7) is 3.71. The zero-order chi connectivity index (χ0) is 6.53. The van der Waals surface area contributed by atoms with Crippen LogP contribution in [0.15, 0.2) is 0 Å². The second-order valence-electron chi connectivity index (χ2n) is 2.61. The van der Waals surface area contributed by atoms with Gasteiger partial charge in [-0.3, -0.25) is 0 Å². The first kappa shape index (κ1) is 11.0. The quantitative estimate of drug-likeness (QED) is 0.532. The van der Waals surface area contributed by atoms with Crippen LogP contribution in [0.5, 0.6) is 0 Å². The minimum atomic E-state index is 0. The molecule has 0 N–H and O–H groups in total. The van der Waals surface area contributed by atoms with Crippen molar-refractivity contribution in [3.8, 4) is 0 Å². The molecule has 64 valence electrons. The van der Waals surface area contributed by atoms with Crippen molar-refractivity contribution in [1.29, 1.82) is 0 Å². The first-order chi connectivity index (χ1) is 4.43. The predicted molar refractivity (Wildman–Crippen MR) is 42.5 cm³/mol. The molecule has 0 saturated carbocycles. The van der Waals surface area contributed by atoms with Crippen molar-refractivity contribution >= 4 is 12.6 Å². The molecular formula is C7H14NPdS-. The first-order valence-electron chi connectivity index (χ1n) is 3.74. The molecule has 0 unspecified atom stereocenters. The molecule has 0 aromatic carbocycles. The Bertz CT molecular complexity index is 71.3. The van der Waals surface area contributed by atoms with Crippen LogP contribution in [-0.2, 0) is 33.1 Å². The Kier molecular flexibility index (Phi) is 7.32. The van der Waals surface area contributed by atoms with E-state index in [0.717, 1.165) is 12.3 Å². The fourth-order valence-corrected chi connectivity index (χ4v) is 1.57. The van der Waals surface area contributed by atoms with E-state index in [1.165, 1.54) is 32.4 Å². The molecule has 1 aliphatic rings. The van der Waals surface area contributed by atoms with Crippen LogP contribution in [0.3, 0.4) is 0 Å². The summed E-state index contributed by atoms with van der Waals surface area (Å²) in [5.74, 6) is 0.903. The maximum atomic E-state index is 4.89. The van der Waals surface area contributed by atoms with Gasteiger partial charge in [-0.15, -0.1) is 0 Å². The van der Waals surface area contributed by atoms with Gasteiger partial charge in [0.1, 0.15) is 0 Å². The minimum absolute atomic E-state index is 0. The molecular weight excluding hydrogens is 237 g/mol. The minimum Gasteiger partial charge on any atom is -0.791 e. The van der Waals surface area contributed by atoms with Gasteiger partial charge in [-0.1, -0.05) is 6.42 Å². The van der Waals surface area contributed by atoms with Crippen molar-refractivity contribution in [2.75, 3.05) is 25.4 Å². The van der Waals surface area contributed by atoms with Crippen molar-refractivity contribution in [3.05, 3.63) is 0 Å². The number of piperidine rings is 1. The second-order valence-corrected chi connectivity index (χ2v) is 3.01. The summed E-state index contributed by atoms with van der Waals surface area (Å²) in [6, 6.07) is 0. The summed E-state index contributed by atoms with van der Waals surface area (Å²) in [5, 5.41) is 0. The van der Waals surface area contributed by atoms with Crippen LogP contribution in [0.1, 0.15) is 19.3 Å². The molecule has 1 nitrogen and oxygen atoms in total. The van der Waals surface area contributed by atoms with E-state index in [0.29, 0.717) is 0 Å². The van der Waals surface area contributed by atoms with E-state index in [4.69, 9.17) is 12.6 Å². The van der Waals surface area contributed by atoms with Gasteiger partial charge in [0, 0.05) is 20.4 Å². The van der Waals surface area contributed by atoms with E-state index < -0.39 is 0 Å². The van der Waals surface area contributed by atoms with Crippen LogP contribution >= 0.6 is 0 Å². The molecule has 0 atom stereocenters. The summed E-state index contributed by atoms with van der Waals surface area (Å²) in [5.41, 5.74) is 0. The Labute approximate surface area is 82.6 Å². The van der Waals surface area contributed by atoms with E-state index in [1.807, 2.05) is 0 Å². The van der Waals surface area contributed by atoms with Crippen LogP contribution in [0, 0.1) is 0 Å². The van der Waals surface area contributed by atoms with Gasteiger partial charge in [-0.25, -0.2) is 0 Å². The molecule has 0 aromatic heterocycles. The van der Waals surface area contributed by atoms with Gasteiger partial charge in [0.15, 0.2) is 0 Å². The van der Waals surface area contributed by atoms with Crippen LogP contribution in [-0.4, -0.2) is 30.3 Å². The summed E-state index contributed by atoms with van der Waals surface area (Å²) >= 11 is 4.89. The van der Waals surface area contributed by atoms with E-state index in [9.17, 15) is 0 Å². The van der Waals surface area contributed by atoms with Crippen LogP contribution in [0.2, 0.25) is 0 Å². The third-order valence-electron chi connectivity index (χ3n) is 1.86. The van der Waals surface area contributed by atoms with Crippen molar-refractivity contribution < 1.29 is 20.4 Å². The SMILES string of the molecule is [Pd].[S-]CCN1CCCCC1. The van der Waals surface area contributed by atoms with E-state index >= 15 is 0 Å². The number of likely N-dealkylation sites (tertiary alicyclic amines) is 1.